The molecule has 0 radical (unpaired) electrons. The fourth-order valence-corrected chi connectivity index (χ4v) is 4.60. The molecule has 3 N–H and O–H groups in total. The van der Waals surface area contributed by atoms with Crippen LogP contribution in [0.4, 0.5) is 11.5 Å². The average molecular weight is 508 g/mol. The second-order valence-corrected chi connectivity index (χ2v) is 9.64. The number of imidazole rings is 1. The predicted octanol–water partition coefficient (Wildman–Crippen LogP) is 3.88. The number of amides is 2. The Morgan fingerprint density at radius 2 is 1.97 bits per heavy atom. The lowest BCUT2D eigenvalue weighted by molar-refractivity contribution is -0.119. The summed E-state index contributed by atoms with van der Waals surface area (Å²) in [6.07, 6.45) is 4.09. The van der Waals surface area contributed by atoms with E-state index >= 15 is 0 Å². The van der Waals surface area contributed by atoms with Gasteiger partial charge in [0.25, 0.3) is 5.91 Å². The maximum Gasteiger partial charge on any atom is 0.255 e. The van der Waals surface area contributed by atoms with Crippen molar-refractivity contribution in [2.24, 2.45) is 5.92 Å². The van der Waals surface area contributed by atoms with Crippen LogP contribution in [0.5, 0.6) is 11.6 Å². The van der Waals surface area contributed by atoms with Gasteiger partial charge in [-0.2, -0.15) is 5.26 Å². The van der Waals surface area contributed by atoms with Crippen LogP contribution in [0.25, 0.3) is 5.65 Å². The Morgan fingerprint density at radius 1 is 1.11 bits per heavy atom. The van der Waals surface area contributed by atoms with Crippen LogP contribution in [-0.4, -0.2) is 39.5 Å². The van der Waals surface area contributed by atoms with Crippen molar-refractivity contribution in [2.45, 2.75) is 24.7 Å². The molecule has 2 aromatic carbocycles. The maximum atomic E-state index is 12.9. The Balaban J connectivity index is 1.13. The van der Waals surface area contributed by atoms with E-state index in [1.54, 1.807) is 59.2 Å². The number of benzene rings is 2. The van der Waals surface area contributed by atoms with Gasteiger partial charge in [0.2, 0.25) is 11.8 Å². The van der Waals surface area contributed by atoms with Gasteiger partial charge in [-0.15, -0.1) is 5.10 Å². The second-order valence-electron chi connectivity index (χ2n) is 9.64. The number of rotatable bonds is 7. The highest BCUT2D eigenvalue weighted by atomic mass is 16.5. The van der Waals surface area contributed by atoms with Gasteiger partial charge in [-0.25, -0.2) is 9.50 Å². The van der Waals surface area contributed by atoms with Gasteiger partial charge in [-0.3, -0.25) is 9.59 Å². The first-order valence-corrected chi connectivity index (χ1v) is 12.5. The van der Waals surface area contributed by atoms with Gasteiger partial charge in [0.05, 0.1) is 23.6 Å². The number of nitrogens with one attached hydrogen (secondary N) is 3. The van der Waals surface area contributed by atoms with Crippen LogP contribution in [0.1, 0.15) is 35.2 Å². The third kappa shape index (κ3) is 4.79. The van der Waals surface area contributed by atoms with Crippen molar-refractivity contribution in [1.82, 2.24) is 19.9 Å². The van der Waals surface area contributed by atoms with Crippen LogP contribution in [0.3, 0.4) is 0 Å². The van der Waals surface area contributed by atoms with Crippen LogP contribution < -0.4 is 20.7 Å². The molecule has 2 aromatic heterocycles. The number of hydrogen-bond donors (Lipinski definition) is 3. The molecule has 6 rings (SSSR count). The van der Waals surface area contributed by atoms with E-state index in [0.717, 1.165) is 31.4 Å². The van der Waals surface area contributed by atoms with Gasteiger partial charge in [0, 0.05) is 29.9 Å². The van der Waals surface area contributed by atoms with E-state index in [-0.39, 0.29) is 17.7 Å². The maximum absolute atomic E-state index is 12.9. The molecule has 190 valence electrons. The number of nitrogens with zero attached hydrogens (tertiary/aromatic N) is 4. The minimum Gasteiger partial charge on any atom is -0.438 e. The van der Waals surface area contributed by atoms with Gasteiger partial charge in [0.15, 0.2) is 11.5 Å². The van der Waals surface area contributed by atoms with E-state index in [9.17, 15) is 14.9 Å². The van der Waals surface area contributed by atoms with E-state index in [1.165, 1.54) is 0 Å². The number of carbonyl (C=O) groups is 2. The monoisotopic (exact) mass is 507 g/mol. The molecule has 2 aliphatic rings. The molecule has 38 heavy (non-hydrogen) atoms. The van der Waals surface area contributed by atoms with E-state index in [4.69, 9.17) is 4.74 Å². The number of aromatic nitrogens is 3. The highest BCUT2D eigenvalue weighted by Crippen LogP contribution is 2.47. The highest BCUT2D eigenvalue weighted by molar-refractivity contribution is 6.04. The lowest BCUT2D eigenvalue weighted by Gasteiger charge is -2.11. The van der Waals surface area contributed by atoms with Crippen molar-refractivity contribution < 1.29 is 14.3 Å². The molecule has 10 nitrogen and oxygen atoms in total. The summed E-state index contributed by atoms with van der Waals surface area (Å²) in [6.45, 7) is 1.51. The first-order chi connectivity index (χ1) is 18.5. The molecule has 2 amide bonds. The quantitative estimate of drug-likeness (QED) is 0.346. The second kappa shape index (κ2) is 9.61. The summed E-state index contributed by atoms with van der Waals surface area (Å²) in [5.41, 5.74) is 2.06. The van der Waals surface area contributed by atoms with Crippen LogP contribution in [0, 0.1) is 17.2 Å². The molecule has 0 bridgehead atoms. The summed E-state index contributed by atoms with van der Waals surface area (Å²) in [7, 11) is 0. The molecule has 1 atom stereocenters. The van der Waals surface area contributed by atoms with E-state index in [0.29, 0.717) is 40.9 Å². The average Bonchev–Trinajstić information content (AvgIpc) is 3.33. The number of nitriles is 1. The Kier molecular flexibility index (Phi) is 5.98. The highest BCUT2D eigenvalue weighted by Gasteiger charge is 2.45. The molecule has 3 heterocycles. The molecule has 1 aliphatic heterocycles. The molecule has 1 aliphatic carbocycles. The van der Waals surface area contributed by atoms with Crippen molar-refractivity contribution in [2.75, 3.05) is 23.7 Å². The smallest absolute Gasteiger partial charge is 0.255 e. The molecule has 4 aromatic rings. The molecule has 2 fully saturated rings. The van der Waals surface area contributed by atoms with E-state index in [1.807, 2.05) is 12.1 Å². The first kappa shape index (κ1) is 23.6. The van der Waals surface area contributed by atoms with Crippen molar-refractivity contribution in [1.29, 1.82) is 5.26 Å². The topological polar surface area (TPSA) is 133 Å². The van der Waals surface area contributed by atoms with Gasteiger partial charge >= 0.3 is 0 Å². The van der Waals surface area contributed by atoms with Crippen LogP contribution in [0.15, 0.2) is 66.9 Å². The molecular formula is C28H25N7O3. The van der Waals surface area contributed by atoms with Gasteiger partial charge in [0.1, 0.15) is 5.75 Å². The zero-order valence-electron chi connectivity index (χ0n) is 20.5. The minimum atomic E-state index is -0.451. The Labute approximate surface area is 218 Å². The summed E-state index contributed by atoms with van der Waals surface area (Å²) < 4.78 is 7.48. The lowest BCUT2D eigenvalue weighted by Crippen LogP contribution is -2.24. The third-order valence-electron chi connectivity index (χ3n) is 6.93. The van der Waals surface area contributed by atoms with Crippen molar-refractivity contribution in [3.05, 3.63) is 78.0 Å². The van der Waals surface area contributed by atoms with Gasteiger partial charge < -0.3 is 20.7 Å². The number of ether oxygens (including phenoxy) is 1. The molecule has 1 saturated carbocycles. The lowest BCUT2D eigenvalue weighted by atomic mass is 9.96. The number of carbonyl (C=O) groups excluding carboxylic acids is 2. The molecule has 1 unspecified atom stereocenters. The van der Waals surface area contributed by atoms with E-state index in [2.05, 4.69) is 32.1 Å². The summed E-state index contributed by atoms with van der Waals surface area (Å²) >= 11 is 0. The number of hydrogen-bond acceptors (Lipinski definition) is 7. The predicted molar refractivity (Wildman–Crippen MR) is 140 cm³/mol. The number of anilines is 2. The van der Waals surface area contributed by atoms with Crippen molar-refractivity contribution in [3.63, 3.8) is 0 Å². The van der Waals surface area contributed by atoms with Gasteiger partial charge in [-0.1, -0.05) is 18.2 Å². The Bertz CT molecular complexity index is 1580. The largest absolute Gasteiger partial charge is 0.438 e. The summed E-state index contributed by atoms with van der Waals surface area (Å²) in [5, 5.41) is 22.8. The first-order valence-electron chi connectivity index (χ1n) is 12.5. The zero-order valence-corrected chi connectivity index (χ0v) is 20.5. The normalized spacial score (nSPS) is 17.5. The molecule has 0 spiro atoms. The fraction of sp³-hybridized carbons (Fsp3) is 0.250. The summed E-state index contributed by atoms with van der Waals surface area (Å²) in [6, 6.07) is 20.1. The van der Waals surface area contributed by atoms with Crippen molar-refractivity contribution in [3.8, 4) is 17.7 Å². The Hall–Kier alpha value is -4.75. The minimum absolute atomic E-state index is 0.0578. The number of fused-ring (bicyclic) bond motifs is 1. The Morgan fingerprint density at radius 3 is 2.76 bits per heavy atom. The van der Waals surface area contributed by atoms with Crippen molar-refractivity contribution >= 4 is 29.0 Å². The molecule has 1 saturated heterocycles. The summed E-state index contributed by atoms with van der Waals surface area (Å²) in [4.78, 5) is 29.7. The van der Waals surface area contributed by atoms with Crippen LogP contribution >= 0.6 is 0 Å². The molecular weight excluding hydrogens is 482 g/mol. The van der Waals surface area contributed by atoms with E-state index < -0.39 is 5.41 Å². The standard InChI is InChI=1S/C28H25N7O3/c29-17-28(10-11-28)20-4-1-3-18(13-20)26(36)31-21-5-2-6-22(14-21)38-25-8-7-24-32-23(16-35(24)34-25)33-27(37)19-9-12-30-15-19/h1-8,13-14,16,19,30H,9-12,15H2,(H,31,36)(H,33,37). The van der Waals surface area contributed by atoms with Gasteiger partial charge in [-0.05, 0) is 61.7 Å². The van der Waals surface area contributed by atoms with Crippen LogP contribution in [0.2, 0.25) is 0 Å². The molecule has 10 heteroatoms. The van der Waals surface area contributed by atoms with Crippen LogP contribution in [-0.2, 0) is 10.2 Å². The fourth-order valence-electron chi connectivity index (χ4n) is 4.60. The SMILES string of the molecule is N#CC1(c2cccc(C(=O)Nc3cccc(Oc4ccc5nc(NC(=O)C6CCNC6)cn5n4)c3)c2)CC1. The summed E-state index contributed by atoms with van der Waals surface area (Å²) in [5.74, 6) is 0.872. The zero-order chi connectivity index (χ0) is 26.1. The third-order valence-corrected chi connectivity index (χ3v) is 6.93.